The van der Waals surface area contributed by atoms with Gasteiger partial charge in [0.1, 0.15) is 35.7 Å². The van der Waals surface area contributed by atoms with Crippen molar-refractivity contribution >= 4 is 39.1 Å². The van der Waals surface area contributed by atoms with E-state index in [0.29, 0.717) is 47.7 Å². The lowest BCUT2D eigenvalue weighted by Crippen LogP contribution is -2.58. The van der Waals surface area contributed by atoms with Crippen LogP contribution in [-0.4, -0.2) is 76.1 Å². The molecule has 4 fully saturated rings. The number of phenolic OH excluding ortho intramolecular Hbond substituents is 1. The third-order valence-electron chi connectivity index (χ3n) is 10.1. The third kappa shape index (κ3) is 4.48. The number of benzene rings is 3. The molecule has 4 saturated heterocycles. The zero-order valence-corrected chi connectivity index (χ0v) is 25.1. The van der Waals surface area contributed by atoms with Gasteiger partial charge in [0.2, 0.25) is 0 Å². The molecular weight excluding hydrogens is 591 g/mol. The van der Waals surface area contributed by atoms with E-state index in [1.165, 1.54) is 18.2 Å². The normalized spacial score (nSPS) is 28.3. The molecule has 5 heterocycles. The summed E-state index contributed by atoms with van der Waals surface area (Å²) in [7, 11) is 0. The third-order valence-corrected chi connectivity index (χ3v) is 10.4. The minimum atomic E-state index is -0.920. The summed E-state index contributed by atoms with van der Waals surface area (Å²) in [5, 5.41) is 15.7. The van der Waals surface area contributed by atoms with Crippen molar-refractivity contribution in [3.8, 4) is 22.9 Å². The number of aromatic nitrogens is 2. The van der Waals surface area contributed by atoms with E-state index in [1.807, 2.05) is 0 Å². The highest BCUT2D eigenvalue weighted by Crippen LogP contribution is 2.44. The Kier molecular flexibility index (Phi) is 6.45. The molecule has 4 aliphatic rings. The first-order valence-electron chi connectivity index (χ1n) is 15.3. The molecule has 44 heavy (non-hydrogen) atoms. The maximum atomic E-state index is 16.8. The zero-order valence-electron chi connectivity index (χ0n) is 24.3. The number of anilines is 1. The van der Waals surface area contributed by atoms with Crippen LogP contribution in [0.15, 0.2) is 36.4 Å². The minimum Gasteiger partial charge on any atom is -0.508 e. The van der Waals surface area contributed by atoms with Crippen molar-refractivity contribution in [1.29, 1.82) is 0 Å². The van der Waals surface area contributed by atoms with Crippen LogP contribution in [0.4, 0.5) is 19.0 Å². The Balaban J connectivity index is 1.29. The van der Waals surface area contributed by atoms with E-state index in [-0.39, 0.29) is 52.0 Å². The molecule has 3 aromatic carbocycles. The van der Waals surface area contributed by atoms with Gasteiger partial charge in [-0.05, 0) is 68.8 Å². The van der Waals surface area contributed by atoms with Gasteiger partial charge < -0.3 is 20.1 Å². The lowest BCUT2D eigenvalue weighted by Gasteiger charge is -2.40. The molecule has 4 aromatic rings. The Morgan fingerprint density at radius 1 is 1.16 bits per heavy atom. The second-order valence-electron chi connectivity index (χ2n) is 13.3. The fourth-order valence-corrected chi connectivity index (χ4v) is 8.51. The number of hydrogen-bond donors (Lipinski definition) is 2. The summed E-state index contributed by atoms with van der Waals surface area (Å²) in [4.78, 5) is 13.5. The zero-order chi connectivity index (χ0) is 30.4. The SMILES string of the molecule is C[C@]12CC[C@H](CN(c3nc(OC[C@@]45CCCN4C[C@H](F)C5)nc4c(F)c(-c5cc(O)cc6cccc(Cl)c56)c(F)cc34)C1)N2. The molecule has 11 heteroatoms. The lowest BCUT2D eigenvalue weighted by atomic mass is 9.95. The average molecular weight is 624 g/mol. The molecule has 1 aromatic heterocycles. The predicted octanol–water partition coefficient (Wildman–Crippen LogP) is 6.37. The molecule has 0 amide bonds. The van der Waals surface area contributed by atoms with Gasteiger partial charge in [-0.25, -0.2) is 13.2 Å². The minimum absolute atomic E-state index is 0.0256. The average Bonchev–Trinajstić information content (AvgIpc) is 3.59. The second-order valence-corrected chi connectivity index (χ2v) is 13.7. The van der Waals surface area contributed by atoms with E-state index in [9.17, 15) is 9.50 Å². The number of hydrogen-bond acceptors (Lipinski definition) is 7. The van der Waals surface area contributed by atoms with E-state index in [4.69, 9.17) is 21.3 Å². The van der Waals surface area contributed by atoms with E-state index in [0.717, 1.165) is 32.2 Å². The first-order chi connectivity index (χ1) is 21.1. The quantitative estimate of drug-likeness (QED) is 0.268. The van der Waals surface area contributed by atoms with Crippen LogP contribution in [0.25, 0.3) is 32.8 Å². The largest absolute Gasteiger partial charge is 0.508 e. The fourth-order valence-electron chi connectivity index (χ4n) is 8.23. The van der Waals surface area contributed by atoms with Crippen LogP contribution in [0, 0.1) is 11.6 Å². The van der Waals surface area contributed by atoms with Crippen molar-refractivity contribution < 1.29 is 23.0 Å². The highest BCUT2D eigenvalue weighted by Gasteiger charge is 2.49. The summed E-state index contributed by atoms with van der Waals surface area (Å²) in [5.74, 6) is -1.45. The summed E-state index contributed by atoms with van der Waals surface area (Å²) in [6.45, 7) is 4.76. The van der Waals surface area contributed by atoms with Gasteiger partial charge in [-0.3, -0.25) is 4.90 Å². The topological polar surface area (TPSA) is 73.8 Å². The van der Waals surface area contributed by atoms with Crippen LogP contribution < -0.4 is 15.0 Å². The Labute approximate surface area is 258 Å². The van der Waals surface area contributed by atoms with Crippen molar-refractivity contribution in [1.82, 2.24) is 20.2 Å². The first kappa shape index (κ1) is 28.2. The van der Waals surface area contributed by atoms with E-state index < -0.39 is 23.3 Å². The highest BCUT2D eigenvalue weighted by atomic mass is 35.5. The molecule has 0 spiro atoms. The summed E-state index contributed by atoms with van der Waals surface area (Å²) in [5.41, 5.74) is -0.900. The Hall–Kier alpha value is -3.34. The van der Waals surface area contributed by atoms with Crippen LogP contribution in [-0.2, 0) is 0 Å². The summed E-state index contributed by atoms with van der Waals surface area (Å²) < 4.78 is 53.6. The Morgan fingerprint density at radius 3 is 2.86 bits per heavy atom. The van der Waals surface area contributed by atoms with Gasteiger partial charge in [0.15, 0.2) is 5.82 Å². The van der Waals surface area contributed by atoms with Gasteiger partial charge in [0, 0.05) is 59.0 Å². The van der Waals surface area contributed by atoms with Gasteiger partial charge in [0.05, 0.1) is 11.1 Å². The van der Waals surface area contributed by atoms with Crippen LogP contribution in [0.5, 0.6) is 11.8 Å². The summed E-state index contributed by atoms with van der Waals surface area (Å²) in [6.07, 6.45) is 3.21. The summed E-state index contributed by atoms with van der Waals surface area (Å²) in [6, 6.07) is 9.37. The number of alkyl halides is 1. The van der Waals surface area contributed by atoms with Crippen molar-refractivity contribution in [2.75, 3.05) is 37.7 Å². The molecule has 230 valence electrons. The van der Waals surface area contributed by atoms with Crippen molar-refractivity contribution in [3.63, 3.8) is 0 Å². The standard InChI is InChI=1S/C33H33ClF3N5O2/c1-32-8-6-20(40-32)15-41(16-32)30-23-12-25(36)27(22-11-21(43)10-18-4-2-5-24(34)26(18)22)28(37)29(23)38-31(39-30)44-17-33-7-3-9-42(33)14-19(35)13-33/h2,4-5,10-12,19-20,40,43H,3,6-9,13-17H2,1H3/t19-,20-,32+,33+/m1/s1. The molecule has 0 saturated carbocycles. The van der Waals surface area contributed by atoms with Crippen molar-refractivity contribution in [2.24, 2.45) is 0 Å². The first-order valence-corrected chi connectivity index (χ1v) is 15.7. The molecular formula is C33H33ClF3N5O2. The Bertz CT molecular complexity index is 1830. The number of phenols is 1. The molecule has 0 unspecified atom stereocenters. The number of rotatable bonds is 5. The highest BCUT2D eigenvalue weighted by molar-refractivity contribution is 6.36. The summed E-state index contributed by atoms with van der Waals surface area (Å²) >= 11 is 6.53. The van der Waals surface area contributed by atoms with Gasteiger partial charge in [0.25, 0.3) is 0 Å². The monoisotopic (exact) mass is 623 g/mol. The molecule has 4 aliphatic heterocycles. The van der Waals surface area contributed by atoms with Crippen molar-refractivity contribution in [2.45, 2.75) is 62.3 Å². The Morgan fingerprint density at radius 2 is 2.02 bits per heavy atom. The number of nitrogens with zero attached hydrogens (tertiary/aromatic N) is 4. The second kappa shape index (κ2) is 10.1. The number of halogens is 4. The van der Waals surface area contributed by atoms with Gasteiger partial charge >= 0.3 is 6.01 Å². The van der Waals surface area contributed by atoms with E-state index in [1.54, 1.807) is 18.2 Å². The van der Waals surface area contributed by atoms with E-state index >= 15 is 8.78 Å². The van der Waals surface area contributed by atoms with Crippen LogP contribution in [0.3, 0.4) is 0 Å². The molecule has 2 N–H and O–H groups in total. The van der Waals surface area contributed by atoms with Crippen molar-refractivity contribution in [3.05, 3.63) is 53.1 Å². The molecule has 0 radical (unpaired) electrons. The van der Waals surface area contributed by atoms with Gasteiger partial charge in [-0.2, -0.15) is 9.97 Å². The molecule has 8 rings (SSSR count). The molecule has 7 nitrogen and oxygen atoms in total. The smallest absolute Gasteiger partial charge is 0.319 e. The lowest BCUT2D eigenvalue weighted by molar-refractivity contribution is 0.107. The molecule has 0 aliphatic carbocycles. The number of nitrogens with one attached hydrogen (secondary N) is 1. The maximum Gasteiger partial charge on any atom is 0.319 e. The maximum absolute atomic E-state index is 16.8. The number of ether oxygens (including phenoxy) is 1. The fraction of sp³-hybridized carbons (Fsp3) is 0.455. The van der Waals surface area contributed by atoms with Crippen LogP contribution in [0.1, 0.15) is 39.0 Å². The van der Waals surface area contributed by atoms with Gasteiger partial charge in [-0.1, -0.05) is 23.7 Å². The molecule has 4 atom stereocenters. The predicted molar refractivity (Wildman–Crippen MR) is 164 cm³/mol. The van der Waals surface area contributed by atoms with Gasteiger partial charge in [-0.15, -0.1) is 0 Å². The number of aromatic hydroxyl groups is 1. The number of fused-ring (bicyclic) bond motifs is 5. The van der Waals surface area contributed by atoms with Crippen LogP contribution >= 0.6 is 11.6 Å². The van der Waals surface area contributed by atoms with E-state index in [2.05, 4.69) is 27.0 Å². The number of piperazine rings is 1. The van der Waals surface area contributed by atoms with Crippen LogP contribution in [0.2, 0.25) is 5.02 Å². The molecule has 2 bridgehead atoms.